The molecule has 7 heteroatoms. The third-order valence-electron chi connectivity index (χ3n) is 4.34. The fourth-order valence-corrected chi connectivity index (χ4v) is 3.15. The van der Waals surface area contributed by atoms with Gasteiger partial charge in [-0.3, -0.25) is 14.3 Å². The molecule has 134 valence electrons. The number of ether oxygens (including phenoxy) is 2. The largest absolute Gasteiger partial charge is 0.396 e. The lowest BCUT2D eigenvalue weighted by atomic mass is 10.00. The van der Waals surface area contributed by atoms with E-state index in [0.717, 1.165) is 5.56 Å². The Morgan fingerprint density at radius 1 is 1.24 bits per heavy atom. The van der Waals surface area contributed by atoms with Gasteiger partial charge in [0.2, 0.25) is 0 Å². The molecule has 1 aromatic heterocycles. The summed E-state index contributed by atoms with van der Waals surface area (Å²) in [5.74, 6) is -0.0149. The zero-order valence-corrected chi connectivity index (χ0v) is 13.8. The lowest BCUT2D eigenvalue weighted by molar-refractivity contribution is -0.0550. The summed E-state index contributed by atoms with van der Waals surface area (Å²) >= 11 is 0. The summed E-state index contributed by atoms with van der Waals surface area (Å²) in [6, 6.07) is 11.1. The highest BCUT2D eigenvalue weighted by atomic mass is 16.6. The molecule has 0 aliphatic carbocycles. The van der Waals surface area contributed by atoms with Gasteiger partial charge in [-0.25, -0.2) is 4.79 Å². The number of hydrogen-bond acceptors (Lipinski definition) is 5. The highest BCUT2D eigenvalue weighted by molar-refractivity contribution is 5.13. The van der Waals surface area contributed by atoms with Gasteiger partial charge in [-0.05, 0) is 18.4 Å². The Morgan fingerprint density at radius 2 is 2.04 bits per heavy atom. The second kappa shape index (κ2) is 8.24. The molecule has 1 aliphatic rings. The Kier molecular flexibility index (Phi) is 5.80. The van der Waals surface area contributed by atoms with Crippen molar-refractivity contribution in [2.45, 2.75) is 31.8 Å². The Hall–Kier alpha value is -2.22. The van der Waals surface area contributed by atoms with Crippen LogP contribution in [0.2, 0.25) is 0 Å². The first-order valence-electron chi connectivity index (χ1n) is 8.37. The van der Waals surface area contributed by atoms with E-state index in [4.69, 9.17) is 9.47 Å². The van der Waals surface area contributed by atoms with E-state index < -0.39 is 17.5 Å². The Balaban J connectivity index is 1.63. The maximum Gasteiger partial charge on any atom is 0.330 e. The minimum atomic E-state index is -0.512. The molecule has 7 nitrogen and oxygen atoms in total. The van der Waals surface area contributed by atoms with Gasteiger partial charge in [-0.1, -0.05) is 30.3 Å². The Bertz CT molecular complexity index is 786. The monoisotopic (exact) mass is 346 g/mol. The SMILES string of the molecule is O=c1ccn(C2OC(COCc3ccccc3)CC2CCO)c(=O)[nH]1. The van der Waals surface area contributed by atoms with Crippen LogP contribution in [0.4, 0.5) is 0 Å². The molecule has 3 unspecified atom stereocenters. The van der Waals surface area contributed by atoms with Gasteiger partial charge in [-0.2, -0.15) is 0 Å². The molecule has 0 spiro atoms. The van der Waals surface area contributed by atoms with Crippen molar-refractivity contribution in [3.05, 3.63) is 69.0 Å². The second-order valence-corrected chi connectivity index (χ2v) is 6.17. The molecular formula is C18H22N2O5. The zero-order valence-electron chi connectivity index (χ0n) is 13.8. The summed E-state index contributed by atoms with van der Waals surface area (Å²) < 4.78 is 13.1. The van der Waals surface area contributed by atoms with Crippen molar-refractivity contribution in [3.63, 3.8) is 0 Å². The van der Waals surface area contributed by atoms with Crippen molar-refractivity contribution in [3.8, 4) is 0 Å². The van der Waals surface area contributed by atoms with Crippen molar-refractivity contribution < 1.29 is 14.6 Å². The summed E-state index contributed by atoms with van der Waals surface area (Å²) in [6.45, 7) is 0.917. The van der Waals surface area contributed by atoms with Gasteiger partial charge >= 0.3 is 5.69 Å². The van der Waals surface area contributed by atoms with Gasteiger partial charge in [0.05, 0.1) is 19.3 Å². The molecule has 25 heavy (non-hydrogen) atoms. The summed E-state index contributed by atoms with van der Waals surface area (Å²) in [5, 5.41) is 9.28. The van der Waals surface area contributed by atoms with Crippen LogP contribution >= 0.6 is 0 Å². The standard InChI is InChI=1S/C18H22N2O5/c21-9-7-14-10-15(12-24-11-13-4-2-1-3-5-13)25-17(14)20-8-6-16(22)19-18(20)23/h1-6,8,14-15,17,21H,7,9-12H2,(H,19,22,23). The van der Waals surface area contributed by atoms with Crippen molar-refractivity contribution in [2.75, 3.05) is 13.2 Å². The van der Waals surface area contributed by atoms with E-state index in [-0.39, 0.29) is 18.6 Å². The van der Waals surface area contributed by atoms with Crippen LogP contribution in [0.3, 0.4) is 0 Å². The predicted octanol–water partition coefficient (Wildman–Crippen LogP) is 1.04. The van der Waals surface area contributed by atoms with Crippen LogP contribution in [0.1, 0.15) is 24.6 Å². The van der Waals surface area contributed by atoms with E-state index in [0.29, 0.717) is 26.1 Å². The normalized spacial score (nSPS) is 23.0. The van der Waals surface area contributed by atoms with E-state index in [9.17, 15) is 14.7 Å². The number of aliphatic hydroxyl groups is 1. The minimum absolute atomic E-state index is 0.0141. The molecule has 1 saturated heterocycles. The molecule has 0 saturated carbocycles. The van der Waals surface area contributed by atoms with Crippen LogP contribution in [0.15, 0.2) is 52.2 Å². The molecule has 2 aromatic rings. The molecule has 1 fully saturated rings. The first kappa shape index (κ1) is 17.6. The molecule has 3 atom stereocenters. The molecule has 0 amide bonds. The van der Waals surface area contributed by atoms with Gasteiger partial charge in [0.1, 0.15) is 6.23 Å². The third kappa shape index (κ3) is 4.45. The van der Waals surface area contributed by atoms with Crippen LogP contribution in [0, 0.1) is 5.92 Å². The van der Waals surface area contributed by atoms with Crippen LogP contribution in [-0.4, -0.2) is 34.0 Å². The summed E-state index contributed by atoms with van der Waals surface area (Å²) in [7, 11) is 0. The minimum Gasteiger partial charge on any atom is -0.396 e. The number of nitrogens with zero attached hydrogens (tertiary/aromatic N) is 1. The smallest absolute Gasteiger partial charge is 0.330 e. The number of nitrogens with one attached hydrogen (secondary N) is 1. The maximum absolute atomic E-state index is 12.0. The summed E-state index contributed by atoms with van der Waals surface area (Å²) in [6.07, 6.45) is 1.96. The fourth-order valence-electron chi connectivity index (χ4n) is 3.15. The van der Waals surface area contributed by atoms with E-state index in [1.807, 2.05) is 30.3 Å². The highest BCUT2D eigenvalue weighted by Crippen LogP contribution is 2.35. The van der Waals surface area contributed by atoms with Gasteiger partial charge in [-0.15, -0.1) is 0 Å². The van der Waals surface area contributed by atoms with Gasteiger partial charge < -0.3 is 14.6 Å². The summed E-state index contributed by atoms with van der Waals surface area (Å²) in [5.41, 5.74) is 0.132. The van der Waals surface area contributed by atoms with Gasteiger partial charge in [0.15, 0.2) is 0 Å². The number of aliphatic hydroxyl groups excluding tert-OH is 1. The molecule has 0 bridgehead atoms. The van der Waals surface area contributed by atoms with Crippen LogP contribution < -0.4 is 11.2 Å². The average Bonchev–Trinajstić information content (AvgIpc) is 2.99. The van der Waals surface area contributed by atoms with Crippen molar-refractivity contribution in [1.29, 1.82) is 0 Å². The quantitative estimate of drug-likeness (QED) is 0.781. The van der Waals surface area contributed by atoms with Crippen LogP contribution in [0.5, 0.6) is 0 Å². The summed E-state index contributed by atoms with van der Waals surface area (Å²) in [4.78, 5) is 25.5. The van der Waals surface area contributed by atoms with Crippen molar-refractivity contribution >= 4 is 0 Å². The van der Waals surface area contributed by atoms with Gasteiger partial charge in [0, 0.05) is 24.8 Å². The van der Waals surface area contributed by atoms with Crippen molar-refractivity contribution in [2.24, 2.45) is 5.92 Å². The van der Waals surface area contributed by atoms with E-state index in [1.165, 1.54) is 16.8 Å². The topological polar surface area (TPSA) is 93.5 Å². The molecule has 2 heterocycles. The molecule has 1 aromatic carbocycles. The predicted molar refractivity (Wildman–Crippen MR) is 91.1 cm³/mol. The number of aromatic nitrogens is 2. The Morgan fingerprint density at radius 3 is 2.76 bits per heavy atom. The fraction of sp³-hybridized carbons (Fsp3) is 0.444. The average molecular weight is 346 g/mol. The van der Waals surface area contributed by atoms with Crippen LogP contribution in [-0.2, 0) is 16.1 Å². The first-order valence-corrected chi connectivity index (χ1v) is 8.37. The van der Waals surface area contributed by atoms with Crippen LogP contribution in [0.25, 0.3) is 0 Å². The lowest BCUT2D eigenvalue weighted by Crippen LogP contribution is -2.33. The van der Waals surface area contributed by atoms with E-state index >= 15 is 0 Å². The lowest BCUT2D eigenvalue weighted by Gasteiger charge is -2.19. The number of H-pyrrole nitrogens is 1. The van der Waals surface area contributed by atoms with Crippen molar-refractivity contribution in [1.82, 2.24) is 9.55 Å². The van der Waals surface area contributed by atoms with Gasteiger partial charge in [0.25, 0.3) is 5.56 Å². The van der Waals surface area contributed by atoms with E-state index in [1.54, 1.807) is 0 Å². The molecule has 0 radical (unpaired) electrons. The third-order valence-corrected chi connectivity index (χ3v) is 4.34. The van der Waals surface area contributed by atoms with E-state index in [2.05, 4.69) is 4.98 Å². The molecule has 3 rings (SSSR count). The maximum atomic E-state index is 12.0. The molecule has 1 aliphatic heterocycles. The second-order valence-electron chi connectivity index (χ2n) is 6.17. The number of aromatic amines is 1. The highest BCUT2D eigenvalue weighted by Gasteiger charge is 2.36. The first-order chi connectivity index (χ1) is 12.2. The zero-order chi connectivity index (χ0) is 17.6. The Labute approximate surface area is 144 Å². The molecule has 2 N–H and O–H groups in total. The number of benzene rings is 1. The molecular weight excluding hydrogens is 324 g/mol. The number of hydrogen-bond donors (Lipinski definition) is 2. The number of rotatable bonds is 7.